The maximum absolute atomic E-state index is 11.5. The summed E-state index contributed by atoms with van der Waals surface area (Å²) in [6.07, 6.45) is 0.973. The minimum absolute atomic E-state index is 0.0555. The zero-order chi connectivity index (χ0) is 13.5. The normalized spacial score (nSPS) is 12.0. The third-order valence-electron chi connectivity index (χ3n) is 2.54. The van der Waals surface area contributed by atoms with Gasteiger partial charge in [0, 0.05) is 12.5 Å². The molecule has 0 radical (unpaired) electrons. The van der Waals surface area contributed by atoms with Gasteiger partial charge in [-0.2, -0.15) is 0 Å². The Morgan fingerprint density at radius 2 is 2.28 bits per heavy atom. The number of aliphatic hydroxyl groups is 1. The standard InChI is InChI=1S/C13H18ClNO3/c1-9(8-16)15-13(17)6-4-10-3-5-12(18-2)11(14)7-10/h3,5,7,9,16H,4,6,8H2,1-2H3,(H,15,17)/t9-/m1/s1. The third-order valence-corrected chi connectivity index (χ3v) is 2.83. The zero-order valence-electron chi connectivity index (χ0n) is 10.6. The highest BCUT2D eigenvalue weighted by molar-refractivity contribution is 6.32. The second-order valence-electron chi connectivity index (χ2n) is 4.12. The number of aliphatic hydroxyl groups excluding tert-OH is 1. The lowest BCUT2D eigenvalue weighted by atomic mass is 10.1. The predicted octanol–water partition coefficient (Wildman–Crippen LogP) is 1.78. The molecule has 0 aromatic heterocycles. The fourth-order valence-corrected chi connectivity index (χ4v) is 1.80. The first-order valence-electron chi connectivity index (χ1n) is 5.79. The number of rotatable bonds is 6. The van der Waals surface area contributed by atoms with Gasteiger partial charge in [0.25, 0.3) is 0 Å². The summed E-state index contributed by atoms with van der Waals surface area (Å²) in [7, 11) is 1.56. The van der Waals surface area contributed by atoms with Crippen molar-refractivity contribution in [2.75, 3.05) is 13.7 Å². The summed E-state index contributed by atoms with van der Waals surface area (Å²) in [5.41, 5.74) is 0.979. The lowest BCUT2D eigenvalue weighted by Gasteiger charge is -2.11. The molecule has 0 bridgehead atoms. The highest BCUT2D eigenvalue weighted by atomic mass is 35.5. The van der Waals surface area contributed by atoms with Crippen molar-refractivity contribution in [2.24, 2.45) is 0 Å². The fourth-order valence-electron chi connectivity index (χ4n) is 1.52. The molecule has 0 spiro atoms. The molecule has 0 heterocycles. The Bertz CT molecular complexity index is 409. The van der Waals surface area contributed by atoms with Crippen LogP contribution in [0.5, 0.6) is 5.75 Å². The zero-order valence-corrected chi connectivity index (χ0v) is 11.3. The largest absolute Gasteiger partial charge is 0.495 e. The number of carbonyl (C=O) groups excluding carboxylic acids is 1. The van der Waals surface area contributed by atoms with E-state index in [0.717, 1.165) is 5.56 Å². The van der Waals surface area contributed by atoms with Crippen molar-refractivity contribution in [1.29, 1.82) is 0 Å². The number of nitrogens with one attached hydrogen (secondary N) is 1. The number of carbonyl (C=O) groups is 1. The molecule has 1 atom stereocenters. The van der Waals surface area contributed by atoms with E-state index in [2.05, 4.69) is 5.32 Å². The third kappa shape index (κ3) is 4.55. The average Bonchev–Trinajstić information content (AvgIpc) is 2.36. The number of hydrogen-bond donors (Lipinski definition) is 2. The Morgan fingerprint density at radius 1 is 1.56 bits per heavy atom. The van der Waals surface area contributed by atoms with Crippen molar-refractivity contribution in [2.45, 2.75) is 25.8 Å². The summed E-state index contributed by atoms with van der Waals surface area (Å²) in [6.45, 7) is 1.70. The van der Waals surface area contributed by atoms with Crippen LogP contribution < -0.4 is 10.1 Å². The first-order valence-corrected chi connectivity index (χ1v) is 6.17. The number of ether oxygens (including phenoxy) is 1. The first kappa shape index (κ1) is 14.8. The van der Waals surface area contributed by atoms with E-state index in [1.807, 2.05) is 6.07 Å². The molecule has 0 saturated heterocycles. The van der Waals surface area contributed by atoms with Crippen molar-refractivity contribution in [1.82, 2.24) is 5.32 Å². The molecule has 1 aromatic rings. The molecule has 0 aliphatic carbocycles. The van der Waals surface area contributed by atoms with Crippen LogP contribution in [-0.4, -0.2) is 30.8 Å². The SMILES string of the molecule is COc1ccc(CCC(=O)N[C@H](C)CO)cc1Cl. The van der Waals surface area contributed by atoms with Crippen LogP contribution in [0.3, 0.4) is 0 Å². The Morgan fingerprint density at radius 3 is 2.83 bits per heavy atom. The first-order chi connectivity index (χ1) is 8.56. The van der Waals surface area contributed by atoms with Gasteiger partial charge in [0.1, 0.15) is 5.75 Å². The summed E-state index contributed by atoms with van der Waals surface area (Å²) in [5, 5.41) is 12.0. The molecular formula is C13H18ClNO3. The van der Waals surface area contributed by atoms with Crippen LogP contribution in [0, 0.1) is 0 Å². The second-order valence-corrected chi connectivity index (χ2v) is 4.53. The maximum Gasteiger partial charge on any atom is 0.220 e. The quantitative estimate of drug-likeness (QED) is 0.829. The van der Waals surface area contributed by atoms with Gasteiger partial charge in [-0.1, -0.05) is 17.7 Å². The molecule has 0 saturated carbocycles. The van der Waals surface area contributed by atoms with E-state index in [1.165, 1.54) is 0 Å². The fraction of sp³-hybridized carbons (Fsp3) is 0.462. The van der Waals surface area contributed by atoms with Crippen molar-refractivity contribution >= 4 is 17.5 Å². The number of amides is 1. The molecule has 5 heteroatoms. The number of methoxy groups -OCH3 is 1. The molecule has 1 amide bonds. The van der Waals surface area contributed by atoms with Crippen molar-refractivity contribution in [3.05, 3.63) is 28.8 Å². The number of benzene rings is 1. The lowest BCUT2D eigenvalue weighted by Crippen LogP contribution is -2.35. The van der Waals surface area contributed by atoms with E-state index in [9.17, 15) is 4.79 Å². The summed E-state index contributed by atoms with van der Waals surface area (Å²) in [5.74, 6) is 0.544. The van der Waals surface area contributed by atoms with Crippen LogP contribution in [0.25, 0.3) is 0 Å². The molecule has 4 nitrogen and oxygen atoms in total. The lowest BCUT2D eigenvalue weighted by molar-refractivity contribution is -0.121. The molecule has 1 rings (SSSR count). The van der Waals surface area contributed by atoms with Gasteiger partial charge in [-0.25, -0.2) is 0 Å². The van der Waals surface area contributed by atoms with E-state index in [-0.39, 0.29) is 18.6 Å². The Balaban J connectivity index is 2.48. The number of halogens is 1. The Kier molecular flexibility index (Phi) is 5.95. The number of aryl methyl sites for hydroxylation is 1. The highest BCUT2D eigenvalue weighted by Crippen LogP contribution is 2.25. The molecule has 0 unspecified atom stereocenters. The minimum atomic E-state index is -0.211. The van der Waals surface area contributed by atoms with Gasteiger partial charge in [-0.3, -0.25) is 4.79 Å². The smallest absolute Gasteiger partial charge is 0.220 e. The van der Waals surface area contributed by atoms with Crippen LogP contribution in [0.4, 0.5) is 0 Å². The molecule has 2 N–H and O–H groups in total. The van der Waals surface area contributed by atoms with Crippen molar-refractivity contribution < 1.29 is 14.6 Å². The van der Waals surface area contributed by atoms with Crippen molar-refractivity contribution in [3.8, 4) is 5.75 Å². The van der Waals surface area contributed by atoms with Gasteiger partial charge in [0.2, 0.25) is 5.91 Å². The van der Waals surface area contributed by atoms with Gasteiger partial charge in [0.05, 0.1) is 18.7 Å². The topological polar surface area (TPSA) is 58.6 Å². The van der Waals surface area contributed by atoms with Gasteiger partial charge in [0.15, 0.2) is 0 Å². The van der Waals surface area contributed by atoms with Gasteiger partial charge in [-0.15, -0.1) is 0 Å². The van der Waals surface area contributed by atoms with Crippen LogP contribution >= 0.6 is 11.6 Å². The summed E-state index contributed by atoms with van der Waals surface area (Å²) >= 11 is 5.99. The van der Waals surface area contributed by atoms with E-state index >= 15 is 0 Å². The molecular weight excluding hydrogens is 254 g/mol. The van der Waals surface area contributed by atoms with Gasteiger partial charge >= 0.3 is 0 Å². The predicted molar refractivity (Wildman–Crippen MR) is 71.0 cm³/mol. The van der Waals surface area contributed by atoms with Crippen LogP contribution in [-0.2, 0) is 11.2 Å². The summed E-state index contributed by atoms with van der Waals surface area (Å²) in [6, 6.07) is 5.25. The molecule has 1 aromatic carbocycles. The molecule has 0 fully saturated rings. The number of hydrogen-bond acceptors (Lipinski definition) is 3. The monoisotopic (exact) mass is 271 g/mol. The van der Waals surface area contributed by atoms with Crippen LogP contribution in [0.1, 0.15) is 18.9 Å². The van der Waals surface area contributed by atoms with E-state index < -0.39 is 0 Å². The molecule has 0 aliphatic heterocycles. The van der Waals surface area contributed by atoms with Gasteiger partial charge in [-0.05, 0) is 31.0 Å². The van der Waals surface area contributed by atoms with Crippen molar-refractivity contribution in [3.63, 3.8) is 0 Å². The van der Waals surface area contributed by atoms with E-state index in [1.54, 1.807) is 26.2 Å². The molecule has 18 heavy (non-hydrogen) atoms. The van der Waals surface area contributed by atoms with Gasteiger partial charge < -0.3 is 15.2 Å². The minimum Gasteiger partial charge on any atom is -0.495 e. The average molecular weight is 272 g/mol. The maximum atomic E-state index is 11.5. The van der Waals surface area contributed by atoms with E-state index in [0.29, 0.717) is 23.6 Å². The highest BCUT2D eigenvalue weighted by Gasteiger charge is 2.07. The van der Waals surface area contributed by atoms with Crippen LogP contribution in [0.2, 0.25) is 5.02 Å². The Labute approximate surface area is 112 Å². The summed E-state index contributed by atoms with van der Waals surface area (Å²) in [4.78, 5) is 11.5. The second kappa shape index (κ2) is 7.24. The molecule has 100 valence electrons. The summed E-state index contributed by atoms with van der Waals surface area (Å²) < 4.78 is 5.05. The van der Waals surface area contributed by atoms with Crippen LogP contribution in [0.15, 0.2) is 18.2 Å². The van der Waals surface area contributed by atoms with E-state index in [4.69, 9.17) is 21.4 Å². The Hall–Kier alpha value is -1.26. The molecule has 0 aliphatic rings.